The summed E-state index contributed by atoms with van der Waals surface area (Å²) >= 11 is 5.72. The largest absolute Gasteiger partial charge is 0.479 e. The Hall–Kier alpha value is -14.5. The SMILES string of the molecule is CC(C)(C)OC(Cc1ccc(-c2ccccc2)c(C(=O)O)c1)(C(=O)O)C(=O)O.CC(C)(C)OC(Cc1ccc(-c2ccccc2)cc1)(C(=O)O)C(=O)O.CC(C)(C)OC(Cc1ccc(-c2ccccc2C(=O)O)cc1)(C(=O)O)C(=O)O.CC(C)(C)OC(Cc1ccnc(Cl)c1)(C(=O)O)C(=O)O.CCOC(=O)C(Cc1cccc(C)c1)(OC(C)(C)C)C(=O)O.Cc1cccc(CC(OC(C)(C)C)(C(=O)O)C(=O)O)c1. The molecule has 0 fully saturated rings. The molecule has 770 valence electrons. The number of benzene rings is 8. The van der Waals surface area contributed by atoms with Crippen molar-refractivity contribution in [3.8, 4) is 33.4 Å². The average Bonchev–Trinajstić information content (AvgIpc) is 0.801. The Kier molecular flexibility index (Phi) is 42.5. The van der Waals surface area contributed by atoms with Crippen LogP contribution < -0.4 is 0 Å². The maximum absolute atomic E-state index is 12.3. The molecule has 0 saturated carbocycles. The number of hydrogen-bond donors (Lipinski definition) is 13. The predicted octanol–water partition coefficient (Wildman–Crippen LogP) is 17.3. The van der Waals surface area contributed by atoms with Crippen molar-refractivity contribution in [2.75, 3.05) is 6.61 Å². The molecule has 0 aliphatic heterocycles. The van der Waals surface area contributed by atoms with E-state index in [0.717, 1.165) is 22.3 Å². The Morgan fingerprint density at radius 1 is 0.259 bits per heavy atom. The number of aryl methyl sites for hydroxylation is 2. The van der Waals surface area contributed by atoms with E-state index < -0.39 is 157 Å². The van der Waals surface area contributed by atoms with Crippen molar-refractivity contribution < 1.29 is 167 Å². The molecule has 1 aromatic heterocycles. The van der Waals surface area contributed by atoms with Crippen molar-refractivity contribution in [3.05, 3.63) is 279 Å². The Balaban J connectivity index is 0.000000360. The van der Waals surface area contributed by atoms with E-state index in [-0.39, 0.29) is 60.6 Å². The summed E-state index contributed by atoms with van der Waals surface area (Å²) in [5.74, 6) is -20.1. The van der Waals surface area contributed by atoms with Crippen LogP contribution in [0.5, 0.6) is 0 Å². The summed E-state index contributed by atoms with van der Waals surface area (Å²) in [6, 6.07) is 60.3. The smallest absolute Gasteiger partial charge is 0.350 e. The molecular formula is C107H126ClNO34. The molecule has 9 aromatic rings. The van der Waals surface area contributed by atoms with Gasteiger partial charge in [-0.15, -0.1) is 0 Å². The molecule has 0 amide bonds. The second kappa shape index (κ2) is 50.3. The van der Waals surface area contributed by atoms with Crippen LogP contribution in [0.1, 0.15) is 197 Å². The van der Waals surface area contributed by atoms with Gasteiger partial charge in [0.1, 0.15) is 5.15 Å². The number of pyridine rings is 1. The second-order valence-corrected chi connectivity index (χ2v) is 39.4. The van der Waals surface area contributed by atoms with Gasteiger partial charge in [0.2, 0.25) is 0 Å². The molecule has 0 saturated heterocycles. The van der Waals surface area contributed by atoms with Gasteiger partial charge in [-0.3, -0.25) is 0 Å². The number of ether oxygens (including phenoxy) is 7. The molecule has 13 N–H and O–H groups in total. The van der Waals surface area contributed by atoms with E-state index in [2.05, 4.69) is 4.98 Å². The summed E-state index contributed by atoms with van der Waals surface area (Å²) in [5.41, 5.74) is -10.4. The van der Waals surface area contributed by atoms with E-state index in [1.54, 1.807) is 247 Å². The number of aromatic carboxylic acids is 2. The highest BCUT2D eigenvalue weighted by Crippen LogP contribution is 2.37. The number of carbonyl (C=O) groups excluding carboxylic acids is 1. The van der Waals surface area contributed by atoms with Crippen molar-refractivity contribution in [2.45, 2.75) is 251 Å². The van der Waals surface area contributed by atoms with Gasteiger partial charge in [0, 0.05) is 44.7 Å². The van der Waals surface area contributed by atoms with Crippen LogP contribution in [0.2, 0.25) is 5.15 Å². The number of rotatable bonds is 36. The Bertz CT molecular complexity index is 5800. The van der Waals surface area contributed by atoms with Gasteiger partial charge in [-0.2, -0.15) is 0 Å². The van der Waals surface area contributed by atoms with Gasteiger partial charge in [-0.1, -0.05) is 211 Å². The lowest BCUT2D eigenvalue weighted by atomic mass is 9.90. The van der Waals surface area contributed by atoms with Crippen molar-refractivity contribution in [2.24, 2.45) is 0 Å². The standard InChI is InChI=1S/2C21H22O7.C20H22O5.C17H24O5.C15H20O5.C13H16ClNO5/c1-20(2,3)28-21(18(24)25,19(26)27)12-13-8-10-14(11-9-13)15-6-4-5-7-16(15)17(22)23;1-20(2,3)28-21(18(24)25,19(26)27)12-13-9-10-15(16(11-13)17(22)23)14-7-5-4-6-8-14;1-19(2,3)25-20(17(21)22,18(23)24)13-14-9-11-16(12-10-14)15-7-5-4-6-8-15;1-6-21-15(20)17(14(18)19,22-16(3,4)5)11-13-9-7-8-12(2)10-13;1-10-6-5-7-11(8-10)9-15(12(16)17,13(18)19)20-14(2,3)4;1-12(2,3)20-13(10(16)17,11(18)19)7-8-4-5-15-9(14)6-8/h2*4-11H,12H2,1-3H3,(H,22,23)(H,24,25)(H,26,27);4-12H,13H2,1-3H3,(H,21,22)(H,23,24);7-10H,6,11H2,1-5H3,(H,18,19);5-8H,9H2,1-4H3,(H,16,17)(H,18,19);4-6H,7H2,1-3H3,(H,16,17)(H,18,19). The Morgan fingerprint density at radius 2 is 0.510 bits per heavy atom. The van der Waals surface area contributed by atoms with E-state index in [0.29, 0.717) is 50.1 Å². The van der Waals surface area contributed by atoms with Crippen molar-refractivity contribution in [3.63, 3.8) is 0 Å². The molecule has 143 heavy (non-hydrogen) atoms. The summed E-state index contributed by atoms with van der Waals surface area (Å²) in [6.07, 6.45) is -0.443. The summed E-state index contributed by atoms with van der Waals surface area (Å²) in [6.45, 7) is 34.6. The van der Waals surface area contributed by atoms with Gasteiger partial charge < -0.3 is 99.5 Å². The van der Waals surface area contributed by atoms with Crippen LogP contribution >= 0.6 is 11.6 Å². The van der Waals surface area contributed by atoms with Crippen molar-refractivity contribution in [1.29, 1.82) is 0 Å². The van der Waals surface area contributed by atoms with Crippen LogP contribution in [-0.2, 0) is 129 Å². The number of aromatic nitrogens is 1. The quantitative estimate of drug-likeness (QED) is 0.00985. The zero-order valence-electron chi connectivity index (χ0n) is 83.4. The zero-order chi connectivity index (χ0) is 109. The van der Waals surface area contributed by atoms with E-state index in [4.69, 9.17) is 44.8 Å². The number of carboxylic acid groups (broad SMARTS) is 13. The molecule has 9 rings (SSSR count). The molecule has 0 aliphatic carbocycles. The molecule has 0 aliphatic rings. The highest BCUT2D eigenvalue weighted by Gasteiger charge is 2.57. The van der Waals surface area contributed by atoms with E-state index in [1.165, 1.54) is 36.5 Å². The minimum Gasteiger partial charge on any atom is -0.479 e. The van der Waals surface area contributed by atoms with Crippen LogP contribution in [0.25, 0.3) is 33.4 Å². The zero-order valence-corrected chi connectivity index (χ0v) is 84.2. The van der Waals surface area contributed by atoms with Gasteiger partial charge in [-0.05, 0) is 236 Å². The number of hydrogen-bond acceptors (Lipinski definition) is 22. The minimum atomic E-state index is -2.54. The molecule has 1 unspecified atom stereocenters. The van der Waals surface area contributed by atoms with Crippen LogP contribution in [0.3, 0.4) is 0 Å². The maximum atomic E-state index is 12.3. The molecule has 8 aromatic carbocycles. The number of carbonyl (C=O) groups is 14. The Labute approximate surface area is 833 Å². The lowest BCUT2D eigenvalue weighted by Crippen LogP contribution is -2.55. The molecule has 0 bridgehead atoms. The minimum absolute atomic E-state index is 0.0517. The van der Waals surface area contributed by atoms with Gasteiger partial charge in [0.15, 0.2) is 0 Å². The van der Waals surface area contributed by atoms with E-state index >= 15 is 0 Å². The first kappa shape index (κ1) is 121. The number of aliphatic carboxylic acids is 11. The highest BCUT2D eigenvalue weighted by atomic mass is 35.5. The number of carboxylic acids is 13. The fourth-order valence-electron chi connectivity index (χ4n) is 14.4. The van der Waals surface area contributed by atoms with Crippen LogP contribution in [0.15, 0.2) is 219 Å². The number of nitrogens with zero attached hydrogens (tertiary/aromatic N) is 1. The molecule has 0 radical (unpaired) electrons. The van der Waals surface area contributed by atoms with Crippen molar-refractivity contribution in [1.82, 2.24) is 4.98 Å². The Morgan fingerprint density at radius 3 is 0.811 bits per heavy atom. The van der Waals surface area contributed by atoms with Crippen LogP contribution in [0, 0.1) is 13.8 Å². The molecule has 1 heterocycles. The fraction of sp³-hybridized carbons (Fsp3) is 0.374. The molecule has 1 atom stereocenters. The lowest BCUT2D eigenvalue weighted by molar-refractivity contribution is -0.203. The summed E-state index contributed by atoms with van der Waals surface area (Å²) in [4.78, 5) is 168. The molecule has 36 heteroatoms. The lowest BCUT2D eigenvalue weighted by Gasteiger charge is -2.34. The van der Waals surface area contributed by atoms with Gasteiger partial charge in [-0.25, -0.2) is 72.1 Å². The summed E-state index contributed by atoms with van der Waals surface area (Å²) in [7, 11) is 0. The summed E-state index contributed by atoms with van der Waals surface area (Å²) in [5, 5.41) is 124. The fourth-order valence-corrected chi connectivity index (χ4v) is 14.6. The third kappa shape index (κ3) is 35.9. The van der Waals surface area contributed by atoms with Gasteiger partial charge >= 0.3 is 83.6 Å². The third-order valence-electron chi connectivity index (χ3n) is 19.8. The number of esters is 1. The monoisotopic (exact) mass is 2000 g/mol. The molecule has 35 nitrogen and oxygen atoms in total. The van der Waals surface area contributed by atoms with E-state index in [9.17, 15) is 134 Å². The predicted molar refractivity (Wildman–Crippen MR) is 525 cm³/mol. The third-order valence-corrected chi connectivity index (χ3v) is 20.1. The van der Waals surface area contributed by atoms with Gasteiger partial charge in [0.25, 0.3) is 33.6 Å². The summed E-state index contributed by atoms with van der Waals surface area (Å²) < 4.78 is 37.7. The topological polar surface area (TPSA) is 579 Å². The molecular weight excluding hydrogens is 1880 g/mol. The van der Waals surface area contributed by atoms with E-state index in [1.807, 2.05) is 80.6 Å². The van der Waals surface area contributed by atoms with Gasteiger partial charge in [0.05, 0.1) is 51.3 Å². The first-order chi connectivity index (χ1) is 65.8. The van der Waals surface area contributed by atoms with Crippen molar-refractivity contribution >= 4 is 95.2 Å². The van der Waals surface area contributed by atoms with Crippen LogP contribution in [0.4, 0.5) is 0 Å². The highest BCUT2D eigenvalue weighted by molar-refractivity contribution is 6.29. The normalized spacial score (nSPS) is 12.3. The first-order valence-corrected chi connectivity index (χ1v) is 44.8. The van der Waals surface area contributed by atoms with Crippen LogP contribution in [-0.4, -0.2) is 229 Å². The second-order valence-electron chi connectivity index (χ2n) is 39.0. The first-order valence-electron chi connectivity index (χ1n) is 44.4. The average molecular weight is 2010 g/mol. The maximum Gasteiger partial charge on any atom is 0.350 e. The number of halogens is 1. The molecule has 0 spiro atoms.